The van der Waals surface area contributed by atoms with Crippen LogP contribution in [0.1, 0.15) is 64.4 Å². The minimum atomic E-state index is 0.660. The molecule has 0 saturated heterocycles. The van der Waals surface area contributed by atoms with E-state index in [1.54, 1.807) is 0 Å². The molecule has 0 N–H and O–H groups in total. The Balaban J connectivity index is 2.04. The zero-order chi connectivity index (χ0) is 13.9. The summed E-state index contributed by atoms with van der Waals surface area (Å²) in [6.45, 7) is 7.51. The molecule has 0 aliphatic heterocycles. The molecule has 1 aromatic rings. The first kappa shape index (κ1) is 16.1. The summed E-state index contributed by atoms with van der Waals surface area (Å²) in [4.78, 5) is 0. The predicted molar refractivity (Wildman–Crippen MR) is 83.8 cm³/mol. The van der Waals surface area contributed by atoms with Crippen molar-refractivity contribution in [3.63, 3.8) is 0 Å². The zero-order valence-corrected chi connectivity index (χ0v) is 13.0. The number of hydrogen-bond acceptors (Lipinski definition) is 1. The smallest absolute Gasteiger partial charge is 0.119 e. The summed E-state index contributed by atoms with van der Waals surface area (Å²) >= 11 is 0. The van der Waals surface area contributed by atoms with Crippen LogP contribution in [0.4, 0.5) is 0 Å². The number of aryl methyl sites for hydroxylation is 1. The SMILES string of the molecule is CCCCCCCCC(C)COc1ccc(C)cc1. The van der Waals surface area contributed by atoms with E-state index in [2.05, 4.69) is 45.0 Å². The molecule has 0 heterocycles. The molecule has 1 rings (SSSR count). The van der Waals surface area contributed by atoms with Gasteiger partial charge in [-0.15, -0.1) is 0 Å². The van der Waals surface area contributed by atoms with Crippen LogP contribution >= 0.6 is 0 Å². The number of unbranched alkanes of at least 4 members (excludes halogenated alkanes) is 5. The quantitative estimate of drug-likeness (QED) is 0.487. The van der Waals surface area contributed by atoms with Crippen LogP contribution < -0.4 is 4.74 Å². The van der Waals surface area contributed by atoms with Gasteiger partial charge >= 0.3 is 0 Å². The fourth-order valence-electron chi connectivity index (χ4n) is 2.23. The van der Waals surface area contributed by atoms with Gasteiger partial charge in [0.1, 0.15) is 5.75 Å². The van der Waals surface area contributed by atoms with Crippen LogP contribution in [0.3, 0.4) is 0 Å². The maximum atomic E-state index is 5.82. The molecule has 1 nitrogen and oxygen atoms in total. The maximum Gasteiger partial charge on any atom is 0.119 e. The van der Waals surface area contributed by atoms with Gasteiger partial charge < -0.3 is 4.74 Å². The molecule has 0 amide bonds. The lowest BCUT2D eigenvalue weighted by molar-refractivity contribution is 0.248. The molecule has 19 heavy (non-hydrogen) atoms. The summed E-state index contributed by atoms with van der Waals surface area (Å²) in [5, 5.41) is 0. The first-order valence-corrected chi connectivity index (χ1v) is 7.92. The Labute approximate surface area is 119 Å². The molecule has 0 radical (unpaired) electrons. The van der Waals surface area contributed by atoms with Crippen LogP contribution in [0, 0.1) is 12.8 Å². The summed E-state index contributed by atoms with van der Waals surface area (Å²) in [5.74, 6) is 1.66. The Bertz CT molecular complexity index is 315. The Hall–Kier alpha value is -0.980. The van der Waals surface area contributed by atoms with Crippen molar-refractivity contribution in [2.24, 2.45) is 5.92 Å². The molecule has 0 fully saturated rings. The van der Waals surface area contributed by atoms with Crippen molar-refractivity contribution >= 4 is 0 Å². The van der Waals surface area contributed by atoms with Gasteiger partial charge in [0.2, 0.25) is 0 Å². The molecule has 0 spiro atoms. The first-order chi connectivity index (χ1) is 9.22. The van der Waals surface area contributed by atoms with E-state index in [4.69, 9.17) is 4.74 Å². The van der Waals surface area contributed by atoms with Gasteiger partial charge in [0.15, 0.2) is 0 Å². The van der Waals surface area contributed by atoms with E-state index < -0.39 is 0 Å². The average molecular weight is 262 g/mol. The fraction of sp³-hybridized carbons (Fsp3) is 0.667. The topological polar surface area (TPSA) is 9.23 Å². The molecule has 0 aliphatic carbocycles. The van der Waals surface area contributed by atoms with Crippen molar-refractivity contribution in [1.82, 2.24) is 0 Å². The monoisotopic (exact) mass is 262 g/mol. The standard InChI is InChI=1S/C18H30O/c1-4-5-6-7-8-9-10-17(3)15-19-18-13-11-16(2)12-14-18/h11-14,17H,4-10,15H2,1-3H3. The van der Waals surface area contributed by atoms with Crippen LogP contribution in [0.2, 0.25) is 0 Å². The van der Waals surface area contributed by atoms with E-state index in [1.165, 1.54) is 50.5 Å². The third-order valence-corrected chi connectivity index (χ3v) is 3.61. The Kier molecular flexibility index (Phi) is 8.36. The van der Waals surface area contributed by atoms with Crippen molar-refractivity contribution in [1.29, 1.82) is 0 Å². The third-order valence-electron chi connectivity index (χ3n) is 3.61. The predicted octanol–water partition coefficient (Wildman–Crippen LogP) is 5.76. The second-order valence-electron chi connectivity index (χ2n) is 5.79. The summed E-state index contributed by atoms with van der Waals surface area (Å²) in [7, 11) is 0. The molecule has 1 atom stereocenters. The third kappa shape index (κ3) is 7.92. The first-order valence-electron chi connectivity index (χ1n) is 7.92. The number of ether oxygens (including phenoxy) is 1. The summed E-state index contributed by atoms with van der Waals surface area (Å²) in [5.41, 5.74) is 1.28. The minimum Gasteiger partial charge on any atom is -0.493 e. The van der Waals surface area contributed by atoms with Gasteiger partial charge in [-0.1, -0.05) is 70.1 Å². The number of rotatable bonds is 10. The van der Waals surface area contributed by atoms with E-state index in [9.17, 15) is 0 Å². The zero-order valence-electron chi connectivity index (χ0n) is 13.0. The lowest BCUT2D eigenvalue weighted by Crippen LogP contribution is -2.08. The van der Waals surface area contributed by atoms with E-state index in [0.29, 0.717) is 5.92 Å². The summed E-state index contributed by atoms with van der Waals surface area (Å²) < 4.78 is 5.82. The second kappa shape index (κ2) is 9.89. The fourth-order valence-corrected chi connectivity index (χ4v) is 2.23. The van der Waals surface area contributed by atoms with Crippen LogP contribution in [-0.2, 0) is 0 Å². The van der Waals surface area contributed by atoms with Gasteiger partial charge in [-0.05, 0) is 31.4 Å². The van der Waals surface area contributed by atoms with Crippen molar-refractivity contribution in [3.05, 3.63) is 29.8 Å². The lowest BCUT2D eigenvalue weighted by atomic mass is 10.0. The lowest BCUT2D eigenvalue weighted by Gasteiger charge is -2.13. The molecule has 108 valence electrons. The molecule has 0 aliphatic rings. The normalized spacial score (nSPS) is 12.4. The Morgan fingerprint density at radius 1 is 0.947 bits per heavy atom. The minimum absolute atomic E-state index is 0.660. The van der Waals surface area contributed by atoms with Crippen LogP contribution in [0.5, 0.6) is 5.75 Å². The molecule has 0 aromatic heterocycles. The molecule has 0 saturated carbocycles. The van der Waals surface area contributed by atoms with Gasteiger partial charge in [0.25, 0.3) is 0 Å². The van der Waals surface area contributed by atoms with Crippen molar-refractivity contribution in [3.8, 4) is 5.75 Å². The van der Waals surface area contributed by atoms with Gasteiger partial charge in [0, 0.05) is 0 Å². The average Bonchev–Trinajstić information content (AvgIpc) is 2.42. The highest BCUT2D eigenvalue weighted by Gasteiger charge is 2.03. The van der Waals surface area contributed by atoms with Crippen LogP contribution in [0.15, 0.2) is 24.3 Å². The van der Waals surface area contributed by atoms with Crippen molar-refractivity contribution in [2.45, 2.75) is 65.7 Å². The molecule has 1 unspecified atom stereocenters. The van der Waals surface area contributed by atoms with Gasteiger partial charge in [-0.2, -0.15) is 0 Å². The van der Waals surface area contributed by atoms with Gasteiger partial charge in [0.05, 0.1) is 6.61 Å². The molecule has 1 heteroatoms. The largest absolute Gasteiger partial charge is 0.493 e. The van der Waals surface area contributed by atoms with Crippen LogP contribution in [0.25, 0.3) is 0 Å². The van der Waals surface area contributed by atoms with Crippen molar-refractivity contribution in [2.75, 3.05) is 6.61 Å². The van der Waals surface area contributed by atoms with E-state index in [-0.39, 0.29) is 0 Å². The maximum absolute atomic E-state index is 5.82. The highest BCUT2D eigenvalue weighted by Crippen LogP contribution is 2.16. The summed E-state index contributed by atoms with van der Waals surface area (Å²) in [6, 6.07) is 8.33. The van der Waals surface area contributed by atoms with E-state index >= 15 is 0 Å². The number of hydrogen-bond donors (Lipinski definition) is 0. The summed E-state index contributed by atoms with van der Waals surface area (Å²) in [6.07, 6.45) is 9.56. The number of benzene rings is 1. The van der Waals surface area contributed by atoms with Gasteiger partial charge in [-0.25, -0.2) is 0 Å². The molecular weight excluding hydrogens is 232 g/mol. The molecular formula is C18H30O. The van der Waals surface area contributed by atoms with E-state index in [1.807, 2.05) is 0 Å². The molecule has 1 aromatic carbocycles. The molecule has 0 bridgehead atoms. The Morgan fingerprint density at radius 2 is 1.58 bits per heavy atom. The van der Waals surface area contributed by atoms with Gasteiger partial charge in [-0.3, -0.25) is 0 Å². The highest BCUT2D eigenvalue weighted by molar-refractivity contribution is 5.26. The Morgan fingerprint density at radius 3 is 2.26 bits per heavy atom. The van der Waals surface area contributed by atoms with E-state index in [0.717, 1.165) is 12.4 Å². The highest BCUT2D eigenvalue weighted by atomic mass is 16.5. The van der Waals surface area contributed by atoms with Crippen LogP contribution in [-0.4, -0.2) is 6.61 Å². The van der Waals surface area contributed by atoms with Crippen molar-refractivity contribution < 1.29 is 4.74 Å². The second-order valence-corrected chi connectivity index (χ2v) is 5.79.